The Hall–Kier alpha value is 1.24. The first-order valence-corrected chi connectivity index (χ1v) is 8.21. The quantitative estimate of drug-likeness (QED) is 0.220. The maximum atomic E-state index is 12.5. The zero-order valence-corrected chi connectivity index (χ0v) is 13.9. The molecule has 0 aliphatic rings. The molecule has 7 heteroatoms. The average Bonchev–Trinajstić information content (AvgIpc) is 2.12. The van der Waals surface area contributed by atoms with Crippen LogP contribution in [-0.4, -0.2) is 55.8 Å². The Kier molecular flexibility index (Phi) is 8.17. The molecule has 0 amide bonds. The molecule has 0 aliphatic carbocycles. The van der Waals surface area contributed by atoms with Crippen molar-refractivity contribution in [2.45, 2.75) is 38.6 Å². The van der Waals surface area contributed by atoms with E-state index < -0.39 is 18.3 Å². The van der Waals surface area contributed by atoms with Crippen molar-refractivity contribution in [1.29, 1.82) is 0 Å². The Morgan fingerprint density at radius 3 is 2.33 bits per heavy atom. The maximum absolute atomic E-state index is 12.5. The van der Waals surface area contributed by atoms with Crippen LogP contribution in [0.2, 0.25) is 0 Å². The molecule has 0 saturated heterocycles. The first kappa shape index (κ1) is 16.2. The molecular formula is C8H15F3INOSn-. The molecule has 0 aliphatic heterocycles. The van der Waals surface area contributed by atoms with Crippen LogP contribution in [0.5, 0.6) is 0 Å². The molecule has 2 nitrogen and oxygen atoms in total. The number of hydrogen-bond donors (Lipinski definition) is 0. The van der Waals surface area contributed by atoms with E-state index in [9.17, 15) is 13.2 Å². The van der Waals surface area contributed by atoms with Crippen LogP contribution in [0.3, 0.4) is 0 Å². The van der Waals surface area contributed by atoms with Gasteiger partial charge in [-0.1, -0.05) is 0 Å². The van der Waals surface area contributed by atoms with Gasteiger partial charge in [-0.05, 0) is 0 Å². The van der Waals surface area contributed by atoms with Crippen LogP contribution in [0.15, 0.2) is 0 Å². The summed E-state index contributed by atoms with van der Waals surface area (Å²) in [5.74, 6) is 0. The molecule has 0 aromatic carbocycles. The summed E-state index contributed by atoms with van der Waals surface area (Å²) >= 11 is 0.164. The molecule has 0 fully saturated rings. The molecule has 0 saturated carbocycles. The Morgan fingerprint density at radius 1 is 1.47 bits per heavy atom. The summed E-state index contributed by atoms with van der Waals surface area (Å²) in [4.78, 5) is 0. The molecule has 0 spiro atoms. The predicted molar refractivity (Wildman–Crippen MR) is 49.1 cm³/mol. The van der Waals surface area contributed by atoms with Gasteiger partial charge in [-0.15, -0.1) is 0 Å². The van der Waals surface area contributed by atoms with Gasteiger partial charge in [0.1, 0.15) is 0 Å². The van der Waals surface area contributed by atoms with Crippen molar-refractivity contribution in [2.75, 3.05) is 11.5 Å². The van der Waals surface area contributed by atoms with Gasteiger partial charge in [0.05, 0.1) is 0 Å². The van der Waals surface area contributed by atoms with Crippen LogP contribution >= 0.6 is 0 Å². The minimum atomic E-state index is -4.26. The third kappa shape index (κ3) is 5.92. The Morgan fingerprint density at radius 2 is 2.00 bits per heavy atom. The van der Waals surface area contributed by atoms with E-state index in [1.807, 2.05) is 10.0 Å². The fourth-order valence-electron chi connectivity index (χ4n) is 0.952. The number of likely N-dealkylation sites (N-methyl/N-ethyl adjacent to an activating group) is 1. The van der Waals surface area contributed by atoms with E-state index in [2.05, 4.69) is 3.07 Å². The first-order chi connectivity index (χ1) is 6.84. The second-order valence-corrected chi connectivity index (χ2v) is 7.11. The zero-order chi connectivity index (χ0) is 12.1. The Labute approximate surface area is 113 Å². The van der Waals surface area contributed by atoms with E-state index >= 15 is 0 Å². The average molecular weight is 444 g/mol. The van der Waals surface area contributed by atoms with Gasteiger partial charge < -0.3 is 0 Å². The normalized spacial score (nSPS) is 17.1. The predicted octanol–water partition coefficient (Wildman–Crippen LogP) is -1.25. The van der Waals surface area contributed by atoms with Gasteiger partial charge in [-0.25, -0.2) is 0 Å². The number of nitrogens with zero attached hydrogens (tertiary/aromatic N) is 1. The van der Waals surface area contributed by atoms with Gasteiger partial charge in [0.15, 0.2) is 0 Å². The molecule has 0 rings (SSSR count). The molecule has 0 aromatic heterocycles. The SMILES string of the molecule is CCC[I-]N(C)C(C)C([O][Sn])C(F)(F)F. The van der Waals surface area contributed by atoms with Gasteiger partial charge in [0.2, 0.25) is 0 Å². The van der Waals surface area contributed by atoms with Crippen molar-refractivity contribution in [1.82, 2.24) is 3.11 Å². The summed E-state index contributed by atoms with van der Waals surface area (Å²) in [6.07, 6.45) is -4.87. The molecule has 0 heterocycles. The van der Waals surface area contributed by atoms with Gasteiger partial charge in [-0.3, -0.25) is 0 Å². The molecular weight excluding hydrogens is 429 g/mol. The second kappa shape index (κ2) is 7.54. The summed E-state index contributed by atoms with van der Waals surface area (Å²) < 4.78 is 45.0. The van der Waals surface area contributed by atoms with Crippen molar-refractivity contribution in [3.63, 3.8) is 0 Å². The van der Waals surface area contributed by atoms with Crippen molar-refractivity contribution < 1.29 is 37.7 Å². The van der Waals surface area contributed by atoms with E-state index in [-0.39, 0.29) is 21.5 Å². The molecule has 2 atom stereocenters. The molecule has 91 valence electrons. The Bertz CT molecular complexity index is 182. The van der Waals surface area contributed by atoms with Gasteiger partial charge in [-0.2, -0.15) is 0 Å². The first-order valence-electron chi connectivity index (χ1n) is 4.55. The topological polar surface area (TPSA) is 12.5 Å². The van der Waals surface area contributed by atoms with E-state index in [0.717, 1.165) is 10.8 Å². The molecule has 2 unspecified atom stereocenters. The molecule has 3 radical (unpaired) electrons. The van der Waals surface area contributed by atoms with Crippen molar-refractivity contribution >= 4 is 22.9 Å². The van der Waals surface area contributed by atoms with Crippen LogP contribution in [-0.2, 0) is 3.07 Å². The summed E-state index contributed by atoms with van der Waals surface area (Å²) in [5, 5.41) is 0. The summed E-state index contributed by atoms with van der Waals surface area (Å²) in [7, 11) is 1.75. The van der Waals surface area contributed by atoms with Crippen LogP contribution in [0.1, 0.15) is 20.3 Å². The number of hydrogen-bond acceptors (Lipinski definition) is 2. The van der Waals surface area contributed by atoms with E-state index in [1.165, 1.54) is 0 Å². The fourth-order valence-corrected chi connectivity index (χ4v) is 4.05. The van der Waals surface area contributed by atoms with E-state index in [4.69, 9.17) is 0 Å². The van der Waals surface area contributed by atoms with Crippen LogP contribution in [0.4, 0.5) is 13.2 Å². The summed E-state index contributed by atoms with van der Waals surface area (Å²) in [6.45, 7) is 3.62. The van der Waals surface area contributed by atoms with Crippen LogP contribution < -0.4 is 21.5 Å². The van der Waals surface area contributed by atoms with E-state index in [1.54, 1.807) is 14.0 Å². The molecule has 15 heavy (non-hydrogen) atoms. The van der Waals surface area contributed by atoms with Crippen LogP contribution in [0, 0.1) is 0 Å². The molecule has 0 bridgehead atoms. The standard InChI is InChI=1S/C8H15F3INO.Sn/c1-4-5-12-13(3)6(2)7(14)8(9,10)11;/h6-7H,4-5H2,1-3H3;/q-2;+1. The van der Waals surface area contributed by atoms with Gasteiger partial charge in [0, 0.05) is 0 Å². The third-order valence-electron chi connectivity index (χ3n) is 1.91. The van der Waals surface area contributed by atoms with Gasteiger partial charge >= 0.3 is 114 Å². The Balaban J connectivity index is 4.31. The summed E-state index contributed by atoms with van der Waals surface area (Å²) in [5.41, 5.74) is 0. The van der Waals surface area contributed by atoms with E-state index in [0.29, 0.717) is 22.9 Å². The third-order valence-corrected chi connectivity index (χ3v) is 6.15. The second-order valence-electron chi connectivity index (χ2n) is 3.15. The minimum absolute atomic E-state index is 0.303. The zero-order valence-electron chi connectivity index (χ0n) is 8.94. The summed E-state index contributed by atoms with van der Waals surface area (Å²) in [6, 6.07) is -0.580. The van der Waals surface area contributed by atoms with Crippen molar-refractivity contribution in [2.24, 2.45) is 0 Å². The number of alkyl halides is 4. The monoisotopic (exact) mass is 445 g/mol. The fraction of sp³-hybridized carbons (Fsp3) is 1.00. The number of halogens is 4. The molecule has 0 aromatic rings. The number of rotatable bonds is 6. The van der Waals surface area contributed by atoms with Gasteiger partial charge in [0.25, 0.3) is 0 Å². The molecule has 0 N–H and O–H groups in total. The van der Waals surface area contributed by atoms with Crippen molar-refractivity contribution in [3.05, 3.63) is 0 Å². The van der Waals surface area contributed by atoms with Crippen molar-refractivity contribution in [3.8, 4) is 0 Å². The van der Waals surface area contributed by atoms with Crippen LogP contribution in [0.25, 0.3) is 0 Å².